The van der Waals surface area contributed by atoms with Crippen molar-refractivity contribution in [1.29, 1.82) is 0 Å². The summed E-state index contributed by atoms with van der Waals surface area (Å²) in [7, 11) is 1.10. The Morgan fingerprint density at radius 3 is 0.558 bits per heavy atom. The van der Waals surface area contributed by atoms with Gasteiger partial charge in [-0.05, 0) is 93.2 Å². The first-order valence-corrected chi connectivity index (χ1v) is 27.6. The van der Waals surface area contributed by atoms with E-state index in [-0.39, 0.29) is 31.7 Å². The van der Waals surface area contributed by atoms with Gasteiger partial charge in [0, 0.05) is 0 Å². The minimum Gasteiger partial charge on any atom is -0.102 e. The van der Waals surface area contributed by atoms with Gasteiger partial charge in [0.05, 0.1) is 0 Å². The molecule has 0 saturated carbocycles. The van der Waals surface area contributed by atoms with Gasteiger partial charge < -0.3 is 0 Å². The summed E-state index contributed by atoms with van der Waals surface area (Å²) >= 11 is 0. The van der Waals surface area contributed by atoms with E-state index in [0.29, 0.717) is 0 Å². The molecule has 0 nitrogen and oxygen atoms in total. The van der Waals surface area contributed by atoms with Crippen LogP contribution in [0.1, 0.15) is 196 Å². The molecule has 0 aromatic carbocycles. The van der Waals surface area contributed by atoms with E-state index in [4.69, 9.17) is 0 Å². The third-order valence-corrected chi connectivity index (χ3v) is 24.5. The predicted molar refractivity (Wildman–Crippen MR) is 216 cm³/mol. The topological polar surface area (TPSA) is 0 Å². The second kappa shape index (κ2) is 36.6. The molecule has 0 saturated heterocycles. The molecule has 0 aromatic rings. The van der Waals surface area contributed by atoms with Crippen LogP contribution in [-0.4, -0.2) is 54.7 Å². The summed E-state index contributed by atoms with van der Waals surface area (Å²) < 4.78 is 0. The Morgan fingerprint density at radius 2 is 0.395 bits per heavy atom. The fourth-order valence-electron chi connectivity index (χ4n) is 6.32. The maximum Gasteiger partial charge on any atom is -0.0114 e. The van der Waals surface area contributed by atoms with Gasteiger partial charge >= 0.3 is 0 Å². The molecule has 0 unspecified atom stereocenters. The van der Waals surface area contributed by atoms with E-state index in [0.717, 1.165) is 0 Å². The summed E-state index contributed by atoms with van der Waals surface area (Å²) in [5.41, 5.74) is 0. The van der Waals surface area contributed by atoms with Crippen LogP contribution in [0.4, 0.5) is 0 Å². The highest BCUT2D eigenvalue weighted by Gasteiger charge is 2.23. The molecule has 0 aromatic heterocycles. The van der Waals surface area contributed by atoms with E-state index in [1.165, 1.54) is 116 Å². The summed E-state index contributed by atoms with van der Waals surface area (Å²) in [5.74, 6) is 5.19. The van der Waals surface area contributed by atoms with E-state index < -0.39 is 0 Å². The van der Waals surface area contributed by atoms with Gasteiger partial charge in [0.15, 0.2) is 0 Å². The minimum absolute atomic E-state index is 0.261. The standard InChI is InChI=1S/C39H84P4/c1-7-13-19-25-31-40(32-26-20-14-8-2)37-43(38-41(33-27-21-15-9-3)34-28-22-16-10-4)39-42(35-29-23-17-11-5)36-30-24-18-12-6/h7-39H2,1-6H3. The van der Waals surface area contributed by atoms with Crippen LogP contribution in [-0.2, 0) is 0 Å². The van der Waals surface area contributed by atoms with Crippen LogP contribution in [0.15, 0.2) is 0 Å². The van der Waals surface area contributed by atoms with Crippen LogP contribution >= 0.6 is 31.7 Å². The molecule has 0 aliphatic heterocycles. The lowest BCUT2D eigenvalue weighted by molar-refractivity contribution is 0.696. The van der Waals surface area contributed by atoms with Crippen LogP contribution in [0, 0.1) is 0 Å². The first-order valence-electron chi connectivity index (χ1n) is 20.0. The van der Waals surface area contributed by atoms with Crippen LogP contribution in [0.3, 0.4) is 0 Å². The Morgan fingerprint density at radius 1 is 0.209 bits per heavy atom. The summed E-state index contributed by atoms with van der Waals surface area (Å²) in [4.78, 5) is 0. The van der Waals surface area contributed by atoms with E-state index in [1.54, 1.807) is 93.2 Å². The van der Waals surface area contributed by atoms with E-state index in [9.17, 15) is 0 Å². The molecular formula is C39H84P4. The average Bonchev–Trinajstić information content (AvgIpc) is 3.01. The van der Waals surface area contributed by atoms with Crippen LogP contribution < -0.4 is 0 Å². The second-order valence-corrected chi connectivity index (χ2v) is 25.3. The molecule has 43 heavy (non-hydrogen) atoms. The third kappa shape index (κ3) is 30.8. The van der Waals surface area contributed by atoms with Crippen molar-refractivity contribution in [3.05, 3.63) is 0 Å². The van der Waals surface area contributed by atoms with Gasteiger partial charge in [-0.15, -0.1) is 23.8 Å². The first kappa shape index (κ1) is 44.7. The molecular weight excluding hydrogens is 592 g/mol. The molecule has 0 spiro atoms. The molecule has 0 aliphatic rings. The van der Waals surface area contributed by atoms with Gasteiger partial charge in [-0.25, -0.2) is 0 Å². The van der Waals surface area contributed by atoms with Crippen molar-refractivity contribution < 1.29 is 0 Å². The van der Waals surface area contributed by atoms with Crippen molar-refractivity contribution in [2.45, 2.75) is 196 Å². The van der Waals surface area contributed by atoms with Gasteiger partial charge in [-0.3, -0.25) is 0 Å². The maximum absolute atomic E-state index is 2.39. The van der Waals surface area contributed by atoms with E-state index >= 15 is 0 Å². The Labute approximate surface area is 281 Å². The zero-order chi connectivity index (χ0) is 31.6. The predicted octanol–water partition coefficient (Wildman–Crippen LogP) is 16.3. The lowest BCUT2D eigenvalue weighted by Gasteiger charge is -2.32. The molecule has 0 heterocycles. The quantitative estimate of drug-likeness (QED) is 0.0458. The van der Waals surface area contributed by atoms with Gasteiger partial charge in [-0.2, -0.15) is 0 Å². The van der Waals surface area contributed by atoms with Crippen LogP contribution in [0.5, 0.6) is 0 Å². The Hall–Kier alpha value is 1.72. The molecule has 0 N–H and O–H groups in total. The van der Waals surface area contributed by atoms with Crippen molar-refractivity contribution in [1.82, 2.24) is 0 Å². The van der Waals surface area contributed by atoms with Gasteiger partial charge in [0.2, 0.25) is 0 Å². The van der Waals surface area contributed by atoms with Crippen LogP contribution in [0.25, 0.3) is 0 Å². The van der Waals surface area contributed by atoms with Gasteiger partial charge in [0.1, 0.15) is 0 Å². The first-order chi connectivity index (χ1) is 21.1. The fourth-order valence-corrected chi connectivity index (χ4v) is 24.7. The van der Waals surface area contributed by atoms with Gasteiger partial charge in [0.25, 0.3) is 0 Å². The van der Waals surface area contributed by atoms with E-state index in [1.807, 2.05) is 0 Å². The Kier molecular flexibility index (Phi) is 38.0. The lowest BCUT2D eigenvalue weighted by atomic mass is 10.2. The smallest absolute Gasteiger partial charge is 0.0114 e. The summed E-state index contributed by atoms with van der Waals surface area (Å²) in [6, 6.07) is 0. The SMILES string of the molecule is CCCCCCP(CCCCCC)CP(CP(CCCCCC)CCCCCC)CP(CCCCCC)CCCCCC. The summed E-state index contributed by atoms with van der Waals surface area (Å²) in [6.07, 6.45) is 45.2. The van der Waals surface area contributed by atoms with Crippen LogP contribution in [0.2, 0.25) is 0 Å². The highest BCUT2D eigenvalue weighted by molar-refractivity contribution is 7.86. The van der Waals surface area contributed by atoms with Crippen molar-refractivity contribution in [2.24, 2.45) is 0 Å². The van der Waals surface area contributed by atoms with Crippen molar-refractivity contribution in [3.63, 3.8) is 0 Å². The van der Waals surface area contributed by atoms with Crippen molar-refractivity contribution in [2.75, 3.05) is 54.7 Å². The van der Waals surface area contributed by atoms with Crippen molar-refractivity contribution in [3.8, 4) is 0 Å². The normalized spacial score (nSPS) is 12.1. The monoisotopic (exact) mass is 677 g/mol. The number of rotatable bonds is 36. The average molecular weight is 677 g/mol. The molecule has 0 radical (unpaired) electrons. The maximum atomic E-state index is 2.39. The molecule has 4 heteroatoms. The minimum atomic E-state index is 0.261. The highest BCUT2D eigenvalue weighted by Crippen LogP contribution is 2.63. The summed E-state index contributed by atoms with van der Waals surface area (Å²) in [6.45, 7) is 14.3. The summed E-state index contributed by atoms with van der Waals surface area (Å²) in [5, 5.41) is 0. The zero-order valence-corrected chi connectivity index (χ0v) is 34.7. The lowest BCUT2D eigenvalue weighted by Crippen LogP contribution is -2.04. The number of unbranched alkanes of at least 4 members (excludes halogenated alkanes) is 18. The third-order valence-electron chi connectivity index (χ3n) is 9.17. The number of hydrogen-bond acceptors (Lipinski definition) is 0. The molecule has 0 amide bonds. The Bertz CT molecular complexity index is 406. The van der Waals surface area contributed by atoms with Crippen molar-refractivity contribution >= 4 is 31.7 Å². The molecule has 0 bridgehead atoms. The molecule has 0 atom stereocenters. The van der Waals surface area contributed by atoms with Gasteiger partial charge in [-0.1, -0.05) is 165 Å². The van der Waals surface area contributed by atoms with E-state index in [2.05, 4.69) is 41.5 Å². The largest absolute Gasteiger partial charge is 0.102 e. The second-order valence-electron chi connectivity index (χ2n) is 13.8. The Balaban J connectivity index is 5.72. The molecule has 0 rings (SSSR count). The fraction of sp³-hybridized carbons (Fsp3) is 1.00. The molecule has 260 valence electrons. The number of hydrogen-bond donors (Lipinski definition) is 0. The highest BCUT2D eigenvalue weighted by atomic mass is 31.2. The zero-order valence-electron chi connectivity index (χ0n) is 31.1. The molecule has 0 aliphatic carbocycles. The molecule has 0 fully saturated rings.